The largest absolute Gasteiger partial charge is 0.380 e. The van der Waals surface area contributed by atoms with E-state index in [1.54, 1.807) is 6.07 Å². The quantitative estimate of drug-likeness (QED) is 0.823. The van der Waals surface area contributed by atoms with Crippen LogP contribution in [-0.2, 0) is 21.3 Å². The lowest BCUT2D eigenvalue weighted by Gasteiger charge is -2.13. The monoisotopic (exact) mass is 302 g/mol. The molecular formula is C13H19FN2O3S. The number of rotatable bonds is 6. The minimum atomic E-state index is -3.85. The first kappa shape index (κ1) is 15.4. The van der Waals surface area contributed by atoms with Gasteiger partial charge in [0.2, 0.25) is 10.0 Å². The molecule has 1 heterocycles. The highest BCUT2D eigenvalue weighted by atomic mass is 32.2. The van der Waals surface area contributed by atoms with Crippen LogP contribution in [0.3, 0.4) is 0 Å². The summed E-state index contributed by atoms with van der Waals surface area (Å²) >= 11 is 0. The van der Waals surface area contributed by atoms with Gasteiger partial charge >= 0.3 is 0 Å². The second-order valence-electron chi connectivity index (χ2n) is 4.73. The lowest BCUT2D eigenvalue weighted by molar-refractivity contribution is 0.192. The summed E-state index contributed by atoms with van der Waals surface area (Å²) in [7, 11) is -3.85. The topological polar surface area (TPSA) is 67.4 Å². The number of halogens is 1. The van der Waals surface area contributed by atoms with E-state index in [1.165, 1.54) is 12.1 Å². The van der Waals surface area contributed by atoms with Crippen LogP contribution in [0.1, 0.15) is 18.9 Å². The van der Waals surface area contributed by atoms with Gasteiger partial charge in [0.25, 0.3) is 0 Å². The van der Waals surface area contributed by atoms with Crippen LogP contribution in [0.15, 0.2) is 23.1 Å². The second kappa shape index (κ2) is 6.62. The van der Waals surface area contributed by atoms with Gasteiger partial charge < -0.3 is 10.1 Å². The molecule has 1 saturated heterocycles. The van der Waals surface area contributed by atoms with Crippen molar-refractivity contribution in [2.75, 3.05) is 19.8 Å². The number of hydrogen-bond acceptors (Lipinski definition) is 4. The molecule has 2 rings (SSSR count). The lowest BCUT2D eigenvalue weighted by Crippen LogP contribution is -2.35. The Kier molecular flexibility index (Phi) is 5.09. The fraction of sp³-hybridized carbons (Fsp3) is 0.538. The Balaban J connectivity index is 2.20. The maximum Gasteiger partial charge on any atom is 0.243 e. The highest BCUT2D eigenvalue weighted by Gasteiger charge is 2.26. The second-order valence-corrected chi connectivity index (χ2v) is 6.41. The zero-order chi connectivity index (χ0) is 14.6. The molecule has 1 unspecified atom stereocenters. The number of ether oxygens (including phenoxy) is 1. The molecule has 0 aliphatic carbocycles. The summed E-state index contributed by atoms with van der Waals surface area (Å²) in [6, 6.07) is 3.86. The van der Waals surface area contributed by atoms with Crippen molar-refractivity contribution in [2.45, 2.75) is 30.8 Å². The molecule has 1 aliphatic rings. The molecular weight excluding hydrogens is 283 g/mol. The van der Waals surface area contributed by atoms with E-state index in [1.807, 2.05) is 6.92 Å². The van der Waals surface area contributed by atoms with Crippen LogP contribution in [-0.4, -0.2) is 34.2 Å². The molecule has 0 saturated carbocycles. The predicted molar refractivity (Wildman–Crippen MR) is 73.3 cm³/mol. The first-order chi connectivity index (χ1) is 9.53. The highest BCUT2D eigenvalue weighted by Crippen LogP contribution is 2.18. The molecule has 1 aliphatic heterocycles. The SMILES string of the molecule is CCNCc1ccc(F)c(S(=O)(=O)NC2CCOC2)c1. The Morgan fingerprint density at radius 1 is 1.45 bits per heavy atom. The average Bonchev–Trinajstić information content (AvgIpc) is 2.89. The van der Waals surface area contributed by atoms with Gasteiger partial charge in [0.1, 0.15) is 10.7 Å². The van der Waals surface area contributed by atoms with Crippen LogP contribution >= 0.6 is 0 Å². The van der Waals surface area contributed by atoms with Gasteiger partial charge in [0.05, 0.1) is 6.61 Å². The normalized spacial score (nSPS) is 19.4. The molecule has 0 spiro atoms. The van der Waals surface area contributed by atoms with Crippen LogP contribution in [0.5, 0.6) is 0 Å². The van der Waals surface area contributed by atoms with E-state index in [9.17, 15) is 12.8 Å². The number of nitrogens with one attached hydrogen (secondary N) is 2. The van der Waals surface area contributed by atoms with Gasteiger partial charge in [0, 0.05) is 19.2 Å². The van der Waals surface area contributed by atoms with Gasteiger partial charge in [-0.25, -0.2) is 17.5 Å². The lowest BCUT2D eigenvalue weighted by atomic mass is 10.2. The van der Waals surface area contributed by atoms with E-state index in [0.29, 0.717) is 26.2 Å². The summed E-state index contributed by atoms with van der Waals surface area (Å²) in [5, 5.41) is 3.08. The fourth-order valence-corrected chi connectivity index (χ4v) is 3.43. The first-order valence-corrected chi connectivity index (χ1v) is 8.10. The molecule has 20 heavy (non-hydrogen) atoms. The van der Waals surface area contributed by atoms with Crippen molar-refractivity contribution in [1.29, 1.82) is 0 Å². The van der Waals surface area contributed by atoms with Crippen LogP contribution in [0, 0.1) is 5.82 Å². The summed E-state index contributed by atoms with van der Waals surface area (Å²) in [6.07, 6.45) is 0.609. The van der Waals surface area contributed by atoms with Crippen molar-refractivity contribution < 1.29 is 17.5 Å². The Morgan fingerprint density at radius 3 is 2.90 bits per heavy atom. The Bertz CT molecular complexity index is 557. The summed E-state index contributed by atoms with van der Waals surface area (Å²) in [5.41, 5.74) is 0.733. The third-order valence-corrected chi connectivity index (χ3v) is 4.65. The third-order valence-electron chi connectivity index (χ3n) is 3.12. The van der Waals surface area contributed by atoms with Gasteiger partial charge in [0.15, 0.2) is 0 Å². The van der Waals surface area contributed by atoms with Crippen molar-refractivity contribution in [3.8, 4) is 0 Å². The summed E-state index contributed by atoms with van der Waals surface area (Å²) in [5.74, 6) is -0.739. The number of benzene rings is 1. The van der Waals surface area contributed by atoms with Gasteiger partial charge in [-0.3, -0.25) is 0 Å². The third kappa shape index (κ3) is 3.76. The van der Waals surface area contributed by atoms with Crippen LogP contribution in [0.4, 0.5) is 4.39 Å². The van der Waals surface area contributed by atoms with E-state index in [4.69, 9.17) is 4.74 Å². The first-order valence-electron chi connectivity index (χ1n) is 6.62. The molecule has 0 bridgehead atoms. The molecule has 0 aromatic heterocycles. The molecule has 1 atom stereocenters. The van der Waals surface area contributed by atoms with E-state index in [2.05, 4.69) is 10.0 Å². The van der Waals surface area contributed by atoms with Crippen molar-refractivity contribution in [2.24, 2.45) is 0 Å². The smallest absolute Gasteiger partial charge is 0.243 e. The zero-order valence-electron chi connectivity index (χ0n) is 11.4. The number of hydrogen-bond donors (Lipinski definition) is 2. The van der Waals surface area contributed by atoms with Gasteiger partial charge in [-0.05, 0) is 30.7 Å². The Hall–Kier alpha value is -1.02. The summed E-state index contributed by atoms with van der Waals surface area (Å²) in [4.78, 5) is -0.306. The standard InChI is InChI=1S/C13H19FN2O3S/c1-2-15-8-10-3-4-12(14)13(7-10)20(17,18)16-11-5-6-19-9-11/h3-4,7,11,15-16H,2,5-6,8-9H2,1H3. The van der Waals surface area contributed by atoms with E-state index >= 15 is 0 Å². The molecule has 0 radical (unpaired) electrons. The fourth-order valence-electron chi connectivity index (χ4n) is 2.04. The highest BCUT2D eigenvalue weighted by molar-refractivity contribution is 7.89. The minimum Gasteiger partial charge on any atom is -0.380 e. The molecule has 5 nitrogen and oxygen atoms in total. The minimum absolute atomic E-state index is 0.281. The molecule has 1 aromatic carbocycles. The number of sulfonamides is 1. The molecule has 2 N–H and O–H groups in total. The summed E-state index contributed by atoms with van der Waals surface area (Å²) in [6.45, 7) is 4.07. The Morgan fingerprint density at radius 2 is 2.25 bits per heavy atom. The Labute approximate surface area is 118 Å². The van der Waals surface area contributed by atoms with Crippen molar-refractivity contribution in [1.82, 2.24) is 10.0 Å². The predicted octanol–water partition coefficient (Wildman–Crippen LogP) is 1.00. The van der Waals surface area contributed by atoms with Crippen LogP contribution < -0.4 is 10.0 Å². The average molecular weight is 302 g/mol. The van der Waals surface area contributed by atoms with Gasteiger partial charge in [-0.1, -0.05) is 13.0 Å². The van der Waals surface area contributed by atoms with Crippen molar-refractivity contribution in [3.63, 3.8) is 0 Å². The van der Waals surface area contributed by atoms with E-state index in [-0.39, 0.29) is 10.9 Å². The van der Waals surface area contributed by atoms with E-state index in [0.717, 1.165) is 12.1 Å². The van der Waals surface area contributed by atoms with Crippen LogP contribution in [0.25, 0.3) is 0 Å². The zero-order valence-corrected chi connectivity index (χ0v) is 12.2. The van der Waals surface area contributed by atoms with E-state index < -0.39 is 15.8 Å². The van der Waals surface area contributed by atoms with Gasteiger partial charge in [-0.2, -0.15) is 0 Å². The summed E-state index contributed by atoms with van der Waals surface area (Å²) < 4.78 is 45.8. The maximum absolute atomic E-state index is 13.8. The van der Waals surface area contributed by atoms with Crippen molar-refractivity contribution >= 4 is 10.0 Å². The molecule has 1 aromatic rings. The van der Waals surface area contributed by atoms with Crippen molar-refractivity contribution in [3.05, 3.63) is 29.6 Å². The molecule has 1 fully saturated rings. The molecule has 7 heteroatoms. The maximum atomic E-state index is 13.8. The molecule has 112 valence electrons. The van der Waals surface area contributed by atoms with Gasteiger partial charge in [-0.15, -0.1) is 0 Å². The molecule has 0 amide bonds. The van der Waals surface area contributed by atoms with Crippen LogP contribution in [0.2, 0.25) is 0 Å².